The molecule has 2 heterocycles. The van der Waals surface area contributed by atoms with Gasteiger partial charge in [0, 0.05) is 44.1 Å². The Morgan fingerprint density at radius 3 is 2.64 bits per heavy atom. The van der Waals surface area contributed by atoms with Crippen LogP contribution in [0.25, 0.3) is 0 Å². The molecule has 3 aliphatic rings. The lowest BCUT2D eigenvalue weighted by Crippen LogP contribution is -2.57. The van der Waals surface area contributed by atoms with Crippen molar-refractivity contribution in [2.24, 2.45) is 11.3 Å². The monoisotopic (exact) mass is 394 g/mol. The maximum atomic E-state index is 13.7. The highest BCUT2D eigenvalue weighted by molar-refractivity contribution is 5.80. The number of aliphatic hydroxyl groups excluding tert-OH is 1. The normalized spacial score (nSPS) is 37.0. The third kappa shape index (κ3) is 3.92. The van der Waals surface area contributed by atoms with E-state index in [2.05, 4.69) is 32.2 Å². The van der Waals surface area contributed by atoms with Crippen LogP contribution < -0.4 is 5.32 Å². The van der Waals surface area contributed by atoms with Gasteiger partial charge in [-0.25, -0.2) is 4.39 Å². The van der Waals surface area contributed by atoms with Crippen molar-refractivity contribution in [3.05, 3.63) is 0 Å². The summed E-state index contributed by atoms with van der Waals surface area (Å²) in [4.78, 5) is 16.7. The number of halogens is 1. The van der Waals surface area contributed by atoms with Gasteiger partial charge in [-0.1, -0.05) is 13.8 Å². The summed E-state index contributed by atoms with van der Waals surface area (Å²) in [5.41, 5.74) is -0.565. The van der Waals surface area contributed by atoms with Crippen LogP contribution in [0.1, 0.15) is 59.3 Å². The molecule has 3 rings (SSSR count). The molecule has 0 aromatic heterocycles. The Kier molecular flexibility index (Phi) is 6.33. The predicted molar refractivity (Wildman–Crippen MR) is 105 cm³/mol. The second kappa shape index (κ2) is 8.25. The zero-order valence-corrected chi connectivity index (χ0v) is 17.5. The first-order chi connectivity index (χ1) is 13.2. The lowest BCUT2D eigenvalue weighted by molar-refractivity contribution is -0.140. The first kappa shape index (κ1) is 21.5. The summed E-state index contributed by atoms with van der Waals surface area (Å²) in [6.07, 6.45) is 3.25. The highest BCUT2D eigenvalue weighted by atomic mass is 19.1. The molecule has 28 heavy (non-hydrogen) atoms. The van der Waals surface area contributed by atoms with Crippen molar-refractivity contribution in [3.63, 3.8) is 0 Å². The summed E-state index contributed by atoms with van der Waals surface area (Å²) in [6.45, 7) is 8.47. The van der Waals surface area contributed by atoms with Crippen LogP contribution in [0.3, 0.4) is 0 Å². The van der Waals surface area contributed by atoms with Gasteiger partial charge in [0.15, 0.2) is 0 Å². The number of rotatable bonds is 5. The minimum Gasteiger partial charge on any atom is -0.377 e. The standard InChI is InChI=1S/C21H35FN4O2/c1-20(2)17(19(28)25-9-5-4-6-10-25)7-8-21(20,3)24-13-18(27)26-14-15(22)11-16(26)12-23/h15-18,24,27H,4-11,13-14H2,1-3H3/t15?,16-,17+,18?,21+/m0/s1. The molecule has 3 fully saturated rings. The van der Waals surface area contributed by atoms with E-state index in [0.29, 0.717) is 0 Å². The molecule has 0 aromatic carbocycles. The van der Waals surface area contributed by atoms with E-state index in [0.717, 1.165) is 38.8 Å². The number of nitrogens with zero attached hydrogens (tertiary/aromatic N) is 3. The summed E-state index contributed by atoms with van der Waals surface area (Å²) >= 11 is 0. The molecular weight excluding hydrogens is 359 g/mol. The van der Waals surface area contributed by atoms with Gasteiger partial charge >= 0.3 is 0 Å². The molecule has 6 nitrogen and oxygen atoms in total. The number of hydrogen-bond acceptors (Lipinski definition) is 5. The van der Waals surface area contributed by atoms with Crippen LogP contribution in [0.2, 0.25) is 0 Å². The highest BCUT2D eigenvalue weighted by Crippen LogP contribution is 2.50. The largest absolute Gasteiger partial charge is 0.377 e. The van der Waals surface area contributed by atoms with Gasteiger partial charge < -0.3 is 15.3 Å². The summed E-state index contributed by atoms with van der Waals surface area (Å²) in [6, 6.07) is 1.51. The first-order valence-corrected chi connectivity index (χ1v) is 10.7. The molecule has 7 heteroatoms. The van der Waals surface area contributed by atoms with Crippen molar-refractivity contribution in [2.45, 2.75) is 83.3 Å². The Labute approximate surface area is 168 Å². The van der Waals surface area contributed by atoms with E-state index in [1.807, 2.05) is 4.90 Å². The summed E-state index contributed by atoms with van der Waals surface area (Å²) in [5.74, 6) is 0.231. The third-order valence-electron chi connectivity index (χ3n) is 7.69. The molecule has 1 saturated carbocycles. The Morgan fingerprint density at radius 1 is 1.32 bits per heavy atom. The molecule has 1 amide bonds. The maximum absolute atomic E-state index is 13.7. The van der Waals surface area contributed by atoms with Crippen molar-refractivity contribution in [1.82, 2.24) is 15.1 Å². The molecule has 1 aliphatic carbocycles. The number of carbonyl (C=O) groups is 1. The lowest BCUT2D eigenvalue weighted by Gasteiger charge is -2.44. The molecule has 2 aliphatic heterocycles. The molecule has 0 bridgehead atoms. The highest BCUT2D eigenvalue weighted by Gasteiger charge is 2.55. The van der Waals surface area contributed by atoms with Crippen molar-refractivity contribution in [1.29, 1.82) is 5.26 Å². The van der Waals surface area contributed by atoms with Gasteiger partial charge in [0.05, 0.1) is 6.07 Å². The average molecular weight is 395 g/mol. The fourth-order valence-electron chi connectivity index (χ4n) is 5.28. The number of alkyl halides is 1. The second-order valence-electron chi connectivity index (χ2n) is 9.57. The van der Waals surface area contributed by atoms with Crippen LogP contribution in [0.5, 0.6) is 0 Å². The number of hydrogen-bond donors (Lipinski definition) is 2. The number of piperidine rings is 1. The maximum Gasteiger partial charge on any atom is 0.226 e. The molecule has 0 aromatic rings. The molecule has 5 atom stereocenters. The molecule has 2 saturated heterocycles. The van der Waals surface area contributed by atoms with Gasteiger partial charge in [-0.05, 0) is 44.4 Å². The SMILES string of the molecule is CC1(C)[C@@H](C(=O)N2CCCCC2)CC[C@@]1(C)NCC(O)N1CC(F)C[C@H]1C#N. The predicted octanol–water partition coefficient (Wildman–Crippen LogP) is 2.04. The van der Waals surface area contributed by atoms with E-state index in [-0.39, 0.29) is 42.3 Å². The fraction of sp³-hybridized carbons (Fsp3) is 0.905. The zero-order chi connectivity index (χ0) is 20.5. The topological polar surface area (TPSA) is 79.6 Å². The van der Waals surface area contributed by atoms with E-state index < -0.39 is 18.4 Å². The van der Waals surface area contributed by atoms with Crippen LogP contribution >= 0.6 is 0 Å². The number of β-amino-alcohol motifs (C(OH)–C–C–N with tert-alkyl or cyclic N) is 1. The smallest absolute Gasteiger partial charge is 0.226 e. The Bertz CT molecular complexity index is 616. The Morgan fingerprint density at radius 2 is 2.00 bits per heavy atom. The van der Waals surface area contributed by atoms with Gasteiger partial charge in [-0.15, -0.1) is 0 Å². The van der Waals surface area contributed by atoms with Crippen molar-refractivity contribution >= 4 is 5.91 Å². The van der Waals surface area contributed by atoms with Crippen LogP contribution in [0.15, 0.2) is 0 Å². The van der Waals surface area contributed by atoms with E-state index in [9.17, 15) is 19.6 Å². The number of aliphatic hydroxyl groups is 1. The minimum atomic E-state index is -1.07. The summed E-state index contributed by atoms with van der Waals surface area (Å²) in [5, 5.41) is 23.2. The summed E-state index contributed by atoms with van der Waals surface area (Å²) in [7, 11) is 0. The number of likely N-dealkylation sites (tertiary alicyclic amines) is 2. The van der Waals surface area contributed by atoms with Crippen LogP contribution in [0, 0.1) is 22.7 Å². The third-order valence-corrected chi connectivity index (χ3v) is 7.69. The van der Waals surface area contributed by atoms with E-state index in [1.165, 1.54) is 6.42 Å². The van der Waals surface area contributed by atoms with Gasteiger partial charge in [-0.3, -0.25) is 9.69 Å². The number of carbonyl (C=O) groups excluding carboxylic acids is 1. The number of nitrogens with one attached hydrogen (secondary N) is 1. The molecule has 2 N–H and O–H groups in total. The average Bonchev–Trinajstić information content (AvgIpc) is 3.17. The van der Waals surface area contributed by atoms with Crippen molar-refractivity contribution in [2.75, 3.05) is 26.2 Å². The van der Waals surface area contributed by atoms with Crippen LogP contribution in [0.4, 0.5) is 4.39 Å². The second-order valence-corrected chi connectivity index (χ2v) is 9.57. The van der Waals surface area contributed by atoms with Crippen LogP contribution in [-0.2, 0) is 4.79 Å². The molecule has 2 unspecified atom stereocenters. The van der Waals surface area contributed by atoms with E-state index in [4.69, 9.17) is 0 Å². The fourth-order valence-corrected chi connectivity index (χ4v) is 5.28. The van der Waals surface area contributed by atoms with Gasteiger partial charge in [-0.2, -0.15) is 5.26 Å². The summed E-state index contributed by atoms with van der Waals surface area (Å²) < 4.78 is 13.7. The number of nitriles is 1. The van der Waals surface area contributed by atoms with Gasteiger partial charge in [0.25, 0.3) is 0 Å². The van der Waals surface area contributed by atoms with Crippen LogP contribution in [-0.4, -0.2) is 71.0 Å². The first-order valence-electron chi connectivity index (χ1n) is 10.7. The molecule has 0 radical (unpaired) electrons. The van der Waals surface area contributed by atoms with Gasteiger partial charge in [0.2, 0.25) is 5.91 Å². The molecular formula is C21H35FN4O2. The Hall–Kier alpha value is -1.23. The zero-order valence-electron chi connectivity index (χ0n) is 17.5. The van der Waals surface area contributed by atoms with Crippen molar-refractivity contribution in [3.8, 4) is 6.07 Å². The van der Waals surface area contributed by atoms with E-state index in [1.54, 1.807) is 4.90 Å². The molecule has 158 valence electrons. The minimum absolute atomic E-state index is 0.0332. The van der Waals surface area contributed by atoms with Crippen molar-refractivity contribution < 1.29 is 14.3 Å². The van der Waals surface area contributed by atoms with Gasteiger partial charge in [0.1, 0.15) is 18.4 Å². The Balaban J connectivity index is 1.62. The quantitative estimate of drug-likeness (QED) is 0.746. The number of amides is 1. The molecule has 0 spiro atoms. The van der Waals surface area contributed by atoms with E-state index >= 15 is 0 Å². The lowest BCUT2D eigenvalue weighted by atomic mass is 9.70.